The molecule has 21 heavy (non-hydrogen) atoms. The van der Waals surface area contributed by atoms with Crippen LogP contribution in [0.25, 0.3) is 0 Å². The van der Waals surface area contributed by atoms with E-state index in [1.54, 1.807) is 0 Å². The Kier molecular flexibility index (Phi) is 5.10. The van der Waals surface area contributed by atoms with Gasteiger partial charge in [-0.05, 0) is 61.9 Å². The van der Waals surface area contributed by atoms with Crippen LogP contribution in [0.4, 0.5) is 0 Å². The van der Waals surface area contributed by atoms with Gasteiger partial charge in [0.2, 0.25) is 0 Å². The highest BCUT2D eigenvalue weighted by Crippen LogP contribution is 2.52. The number of rotatable bonds is 4. The number of nitrogens with zero attached hydrogens (tertiary/aromatic N) is 1. The van der Waals surface area contributed by atoms with Crippen molar-refractivity contribution in [3.05, 3.63) is 0 Å². The molecule has 0 unspecified atom stereocenters. The minimum Gasteiger partial charge on any atom is -0.329 e. The van der Waals surface area contributed by atoms with Gasteiger partial charge in [0.05, 0.1) is 0 Å². The Hall–Kier alpha value is -0.0800. The molecule has 1 aliphatic carbocycles. The van der Waals surface area contributed by atoms with Gasteiger partial charge in [0.15, 0.2) is 0 Å². The molecule has 1 heterocycles. The lowest BCUT2D eigenvalue weighted by Crippen LogP contribution is -2.62. The molecule has 0 amide bonds. The van der Waals surface area contributed by atoms with Crippen LogP contribution in [0.1, 0.15) is 79.6 Å². The monoisotopic (exact) mass is 294 g/mol. The van der Waals surface area contributed by atoms with Crippen molar-refractivity contribution in [1.82, 2.24) is 4.90 Å². The molecule has 2 nitrogen and oxygen atoms in total. The van der Waals surface area contributed by atoms with E-state index in [1.165, 1.54) is 58.0 Å². The van der Waals surface area contributed by atoms with Gasteiger partial charge < -0.3 is 5.73 Å². The summed E-state index contributed by atoms with van der Waals surface area (Å²) in [6, 6.07) is 0. The molecular weight excluding hydrogens is 256 g/mol. The van der Waals surface area contributed by atoms with E-state index in [0.717, 1.165) is 12.5 Å². The number of hydrogen-bond acceptors (Lipinski definition) is 2. The van der Waals surface area contributed by atoms with Crippen molar-refractivity contribution in [3.63, 3.8) is 0 Å². The van der Waals surface area contributed by atoms with Crippen molar-refractivity contribution in [2.24, 2.45) is 22.5 Å². The molecule has 2 rings (SSSR count). The fraction of sp³-hybridized carbons (Fsp3) is 1.00. The van der Waals surface area contributed by atoms with Gasteiger partial charge in [-0.3, -0.25) is 4.90 Å². The molecule has 0 atom stereocenters. The van der Waals surface area contributed by atoms with Gasteiger partial charge >= 0.3 is 0 Å². The summed E-state index contributed by atoms with van der Waals surface area (Å²) < 4.78 is 0. The van der Waals surface area contributed by atoms with Crippen LogP contribution in [0.5, 0.6) is 0 Å². The van der Waals surface area contributed by atoms with Gasteiger partial charge in [-0.25, -0.2) is 0 Å². The SMILES string of the molecule is CCCC1CCN(C2(CN)CC(C)(C)CC(C)(C)C2)CC1. The summed E-state index contributed by atoms with van der Waals surface area (Å²) in [7, 11) is 0. The fourth-order valence-electron chi connectivity index (χ4n) is 5.87. The van der Waals surface area contributed by atoms with Crippen molar-refractivity contribution in [2.45, 2.75) is 85.1 Å². The van der Waals surface area contributed by atoms with Crippen LogP contribution in [-0.4, -0.2) is 30.1 Å². The van der Waals surface area contributed by atoms with Crippen LogP contribution in [0, 0.1) is 16.7 Å². The molecule has 0 bridgehead atoms. The predicted octanol–water partition coefficient (Wildman–Crippen LogP) is 4.43. The summed E-state index contributed by atoms with van der Waals surface area (Å²) in [4.78, 5) is 2.78. The van der Waals surface area contributed by atoms with Crippen molar-refractivity contribution in [1.29, 1.82) is 0 Å². The molecule has 0 radical (unpaired) electrons. The topological polar surface area (TPSA) is 29.3 Å². The highest BCUT2D eigenvalue weighted by Gasteiger charge is 2.49. The fourth-order valence-corrected chi connectivity index (χ4v) is 5.87. The van der Waals surface area contributed by atoms with Gasteiger partial charge in [-0.15, -0.1) is 0 Å². The molecule has 2 heteroatoms. The maximum atomic E-state index is 6.36. The maximum absolute atomic E-state index is 6.36. The number of hydrogen-bond donors (Lipinski definition) is 1. The standard InChI is InChI=1S/C19H38N2/c1-6-7-16-8-10-21(11-9-16)19(15-20)13-17(2,3)12-18(4,5)14-19/h16H,6-15,20H2,1-5H3. The van der Waals surface area contributed by atoms with E-state index in [4.69, 9.17) is 5.73 Å². The smallest absolute Gasteiger partial charge is 0.0341 e. The average Bonchev–Trinajstić information content (AvgIpc) is 2.36. The summed E-state index contributed by atoms with van der Waals surface area (Å²) >= 11 is 0. The van der Waals surface area contributed by atoms with E-state index >= 15 is 0 Å². The van der Waals surface area contributed by atoms with E-state index in [-0.39, 0.29) is 5.54 Å². The van der Waals surface area contributed by atoms with Gasteiger partial charge in [0.1, 0.15) is 0 Å². The number of nitrogens with two attached hydrogens (primary N) is 1. The van der Waals surface area contributed by atoms with Crippen molar-refractivity contribution >= 4 is 0 Å². The first-order chi connectivity index (χ1) is 9.72. The van der Waals surface area contributed by atoms with Crippen LogP contribution in [0.3, 0.4) is 0 Å². The molecule has 124 valence electrons. The zero-order chi connectivity index (χ0) is 15.7. The first-order valence-corrected chi connectivity index (χ1v) is 9.17. The van der Waals surface area contributed by atoms with Crippen molar-refractivity contribution in [3.8, 4) is 0 Å². The Balaban J connectivity index is 2.11. The first-order valence-electron chi connectivity index (χ1n) is 9.17. The minimum absolute atomic E-state index is 0.252. The molecule has 0 aromatic carbocycles. The average molecular weight is 295 g/mol. The Bertz CT molecular complexity index is 321. The molecule has 1 aliphatic heterocycles. The third kappa shape index (κ3) is 4.01. The molecule has 1 saturated heterocycles. The van der Waals surface area contributed by atoms with Crippen molar-refractivity contribution < 1.29 is 0 Å². The summed E-state index contributed by atoms with van der Waals surface area (Å²) in [6.45, 7) is 15.5. The lowest BCUT2D eigenvalue weighted by molar-refractivity contribution is -0.0566. The van der Waals surface area contributed by atoms with Gasteiger partial charge in [0.25, 0.3) is 0 Å². The normalized spacial score (nSPS) is 29.4. The molecule has 2 aliphatic rings. The van der Waals surface area contributed by atoms with E-state index in [9.17, 15) is 0 Å². The molecular formula is C19H38N2. The molecule has 2 N–H and O–H groups in total. The van der Waals surface area contributed by atoms with E-state index in [2.05, 4.69) is 39.5 Å². The largest absolute Gasteiger partial charge is 0.329 e. The Morgan fingerprint density at radius 2 is 1.48 bits per heavy atom. The molecule has 2 fully saturated rings. The summed E-state index contributed by atoms with van der Waals surface area (Å²) in [5.74, 6) is 0.964. The number of piperidine rings is 1. The molecule has 0 aromatic rings. The van der Waals surface area contributed by atoms with Crippen LogP contribution < -0.4 is 5.73 Å². The second-order valence-corrected chi connectivity index (χ2v) is 9.51. The second-order valence-electron chi connectivity index (χ2n) is 9.51. The van der Waals surface area contributed by atoms with Crippen molar-refractivity contribution in [2.75, 3.05) is 19.6 Å². The summed E-state index contributed by atoms with van der Waals surface area (Å²) in [6.07, 6.45) is 9.41. The third-order valence-corrected chi connectivity index (χ3v) is 5.93. The summed E-state index contributed by atoms with van der Waals surface area (Å²) in [5.41, 5.74) is 7.45. The maximum Gasteiger partial charge on any atom is 0.0341 e. The zero-order valence-electron chi connectivity index (χ0n) is 15.2. The second kappa shape index (κ2) is 6.20. The highest BCUT2D eigenvalue weighted by molar-refractivity contribution is 5.05. The summed E-state index contributed by atoms with van der Waals surface area (Å²) in [5, 5.41) is 0. The van der Waals surface area contributed by atoms with Gasteiger partial charge in [-0.2, -0.15) is 0 Å². The van der Waals surface area contributed by atoms with E-state index < -0.39 is 0 Å². The van der Waals surface area contributed by atoms with Crippen LogP contribution in [0.2, 0.25) is 0 Å². The molecule has 1 saturated carbocycles. The lowest BCUT2D eigenvalue weighted by Gasteiger charge is -2.57. The van der Waals surface area contributed by atoms with E-state index in [0.29, 0.717) is 10.8 Å². The Morgan fingerprint density at radius 3 is 1.90 bits per heavy atom. The van der Waals surface area contributed by atoms with Crippen LogP contribution in [-0.2, 0) is 0 Å². The molecule has 0 spiro atoms. The Labute approximate surface area is 132 Å². The molecule has 0 aromatic heterocycles. The quantitative estimate of drug-likeness (QED) is 0.831. The van der Waals surface area contributed by atoms with Crippen LogP contribution >= 0.6 is 0 Å². The Morgan fingerprint density at radius 1 is 0.952 bits per heavy atom. The third-order valence-electron chi connectivity index (χ3n) is 5.93. The van der Waals surface area contributed by atoms with Gasteiger partial charge in [0, 0.05) is 12.1 Å². The van der Waals surface area contributed by atoms with Crippen LogP contribution in [0.15, 0.2) is 0 Å². The zero-order valence-corrected chi connectivity index (χ0v) is 15.2. The predicted molar refractivity (Wildman–Crippen MR) is 92.4 cm³/mol. The number of likely N-dealkylation sites (tertiary alicyclic amines) is 1. The van der Waals surface area contributed by atoms with Gasteiger partial charge in [-0.1, -0.05) is 47.5 Å². The minimum atomic E-state index is 0.252. The lowest BCUT2D eigenvalue weighted by atomic mass is 9.57. The first kappa shape index (κ1) is 17.3. The van der Waals surface area contributed by atoms with E-state index in [1.807, 2.05) is 0 Å². The highest BCUT2D eigenvalue weighted by atomic mass is 15.2.